The summed E-state index contributed by atoms with van der Waals surface area (Å²) < 4.78 is 15.2. The van der Waals surface area contributed by atoms with E-state index in [-0.39, 0.29) is 24.2 Å². The van der Waals surface area contributed by atoms with E-state index >= 15 is 0 Å². The number of carbonyl (C=O) groups is 1. The molecule has 5 nitrogen and oxygen atoms in total. The van der Waals surface area contributed by atoms with Gasteiger partial charge >= 0.3 is 0 Å². The monoisotopic (exact) mass is 416 g/mol. The van der Waals surface area contributed by atoms with Crippen LogP contribution in [0.3, 0.4) is 0 Å². The molecule has 1 amide bonds. The van der Waals surface area contributed by atoms with Crippen molar-refractivity contribution in [3.05, 3.63) is 88.6 Å². The zero-order chi connectivity index (χ0) is 22.1. The van der Waals surface area contributed by atoms with Crippen molar-refractivity contribution in [3.8, 4) is 11.1 Å². The van der Waals surface area contributed by atoms with Crippen molar-refractivity contribution in [1.82, 2.24) is 19.9 Å². The second-order valence-electron chi connectivity index (χ2n) is 7.84. The fourth-order valence-corrected chi connectivity index (χ4v) is 3.96. The molecule has 2 aromatic heterocycles. The van der Waals surface area contributed by atoms with Gasteiger partial charge in [0.15, 0.2) is 5.65 Å². The van der Waals surface area contributed by atoms with Crippen molar-refractivity contribution in [1.29, 1.82) is 0 Å². The number of nitrogens with zero attached hydrogens (tertiary/aromatic N) is 3. The minimum absolute atomic E-state index is 0.0636. The van der Waals surface area contributed by atoms with Gasteiger partial charge < -0.3 is 5.32 Å². The van der Waals surface area contributed by atoms with Crippen LogP contribution in [0.4, 0.5) is 4.39 Å². The molecular formula is C25H25FN4O. The van der Waals surface area contributed by atoms with E-state index in [1.807, 2.05) is 58.0 Å². The van der Waals surface area contributed by atoms with Gasteiger partial charge in [-0.15, -0.1) is 0 Å². The number of nitrogens with one attached hydrogen (secondary N) is 1. The number of aromatic nitrogens is 3. The lowest BCUT2D eigenvalue weighted by molar-refractivity contribution is -0.121. The van der Waals surface area contributed by atoms with Gasteiger partial charge in [-0.3, -0.25) is 4.79 Å². The highest BCUT2D eigenvalue weighted by molar-refractivity contribution is 5.82. The van der Waals surface area contributed by atoms with E-state index in [1.54, 1.807) is 16.6 Å². The Kier molecular flexibility index (Phi) is 5.55. The summed E-state index contributed by atoms with van der Waals surface area (Å²) >= 11 is 0. The van der Waals surface area contributed by atoms with Crippen LogP contribution in [0, 0.1) is 26.6 Å². The summed E-state index contributed by atoms with van der Waals surface area (Å²) in [6, 6.07) is 16.1. The van der Waals surface area contributed by atoms with Crippen molar-refractivity contribution in [2.45, 2.75) is 40.2 Å². The second kappa shape index (κ2) is 8.30. The maximum absolute atomic E-state index is 13.4. The molecule has 0 bridgehead atoms. The van der Waals surface area contributed by atoms with Crippen molar-refractivity contribution in [2.24, 2.45) is 0 Å². The highest BCUT2D eigenvalue weighted by Crippen LogP contribution is 2.29. The molecule has 2 aromatic carbocycles. The topological polar surface area (TPSA) is 59.3 Å². The Bertz CT molecular complexity index is 1250. The molecule has 2 heterocycles. The first kappa shape index (κ1) is 20.7. The quantitative estimate of drug-likeness (QED) is 0.504. The summed E-state index contributed by atoms with van der Waals surface area (Å²) in [5.74, 6) is -0.345. The first-order valence-electron chi connectivity index (χ1n) is 10.3. The van der Waals surface area contributed by atoms with Gasteiger partial charge in [-0.05, 0) is 51.0 Å². The van der Waals surface area contributed by atoms with Crippen LogP contribution in [0.1, 0.15) is 41.2 Å². The Morgan fingerprint density at radius 1 is 1.03 bits per heavy atom. The number of carbonyl (C=O) groups excluding carboxylic acids is 1. The standard InChI is InChI=1S/C25H25FN4O/c1-15(19-8-6-5-7-9-19)27-23(31)14-22-16(2)28-25-24(17(3)29-30(25)18(22)4)20-10-12-21(26)13-11-20/h5-13,15H,14H2,1-4H3,(H,27,31). The zero-order valence-corrected chi connectivity index (χ0v) is 18.1. The minimum Gasteiger partial charge on any atom is -0.349 e. The average Bonchev–Trinajstić information content (AvgIpc) is 3.08. The Hall–Kier alpha value is -3.54. The molecule has 0 aliphatic carbocycles. The van der Waals surface area contributed by atoms with Crippen LogP contribution in [0.25, 0.3) is 16.8 Å². The van der Waals surface area contributed by atoms with E-state index < -0.39 is 0 Å². The first-order chi connectivity index (χ1) is 14.8. The summed E-state index contributed by atoms with van der Waals surface area (Å²) in [6.07, 6.45) is 0.225. The van der Waals surface area contributed by atoms with E-state index in [9.17, 15) is 9.18 Å². The Labute approximate surface area is 181 Å². The van der Waals surface area contributed by atoms with Crippen LogP contribution in [-0.2, 0) is 11.2 Å². The smallest absolute Gasteiger partial charge is 0.225 e. The lowest BCUT2D eigenvalue weighted by atomic mass is 10.0. The molecule has 6 heteroatoms. The Morgan fingerprint density at radius 2 is 1.71 bits per heavy atom. The lowest BCUT2D eigenvalue weighted by Gasteiger charge is -2.16. The molecule has 158 valence electrons. The summed E-state index contributed by atoms with van der Waals surface area (Å²) in [4.78, 5) is 17.5. The zero-order valence-electron chi connectivity index (χ0n) is 18.1. The van der Waals surface area contributed by atoms with Gasteiger partial charge in [0, 0.05) is 22.5 Å². The Balaban J connectivity index is 1.65. The molecule has 1 unspecified atom stereocenters. The minimum atomic E-state index is -0.281. The van der Waals surface area contributed by atoms with Crippen LogP contribution in [0.15, 0.2) is 54.6 Å². The van der Waals surface area contributed by atoms with Crippen LogP contribution < -0.4 is 5.32 Å². The van der Waals surface area contributed by atoms with Gasteiger partial charge in [0.1, 0.15) is 5.82 Å². The molecule has 31 heavy (non-hydrogen) atoms. The summed E-state index contributed by atoms with van der Waals surface area (Å²) in [7, 11) is 0. The number of aryl methyl sites for hydroxylation is 3. The van der Waals surface area contributed by atoms with Gasteiger partial charge in [-0.1, -0.05) is 42.5 Å². The molecule has 0 saturated carbocycles. The number of benzene rings is 2. The first-order valence-corrected chi connectivity index (χ1v) is 10.3. The van der Waals surface area contributed by atoms with Crippen LogP contribution >= 0.6 is 0 Å². The van der Waals surface area contributed by atoms with E-state index in [2.05, 4.69) is 10.4 Å². The largest absolute Gasteiger partial charge is 0.349 e. The predicted molar refractivity (Wildman–Crippen MR) is 119 cm³/mol. The van der Waals surface area contributed by atoms with E-state index in [0.29, 0.717) is 5.65 Å². The molecule has 1 N–H and O–H groups in total. The number of amides is 1. The SMILES string of the molecule is Cc1nc2c(-c3ccc(F)cc3)c(C)nn2c(C)c1CC(=O)NC(C)c1ccccc1. The van der Waals surface area contributed by atoms with Gasteiger partial charge in [-0.2, -0.15) is 5.10 Å². The third kappa shape index (κ3) is 4.06. The van der Waals surface area contributed by atoms with E-state index in [1.165, 1.54) is 12.1 Å². The van der Waals surface area contributed by atoms with Crippen LogP contribution in [0.5, 0.6) is 0 Å². The summed E-state index contributed by atoms with van der Waals surface area (Å²) in [6.45, 7) is 7.75. The highest BCUT2D eigenvalue weighted by atomic mass is 19.1. The highest BCUT2D eigenvalue weighted by Gasteiger charge is 2.20. The number of hydrogen-bond donors (Lipinski definition) is 1. The second-order valence-corrected chi connectivity index (χ2v) is 7.84. The molecule has 0 saturated heterocycles. The molecule has 0 radical (unpaired) electrons. The molecular weight excluding hydrogens is 391 g/mol. The third-order valence-corrected chi connectivity index (χ3v) is 5.65. The normalized spacial score (nSPS) is 12.2. The molecule has 4 aromatic rings. The third-order valence-electron chi connectivity index (χ3n) is 5.65. The van der Waals surface area contributed by atoms with Crippen LogP contribution in [-0.4, -0.2) is 20.5 Å². The van der Waals surface area contributed by atoms with Crippen molar-refractivity contribution in [3.63, 3.8) is 0 Å². The predicted octanol–water partition coefficient (Wildman–Crippen LogP) is 4.88. The maximum atomic E-state index is 13.4. The molecule has 0 aliphatic rings. The lowest BCUT2D eigenvalue weighted by Crippen LogP contribution is -2.29. The number of hydrogen-bond acceptors (Lipinski definition) is 3. The fourth-order valence-electron chi connectivity index (χ4n) is 3.96. The van der Waals surface area contributed by atoms with Crippen molar-refractivity contribution in [2.75, 3.05) is 0 Å². The van der Waals surface area contributed by atoms with Gasteiger partial charge in [0.2, 0.25) is 5.91 Å². The van der Waals surface area contributed by atoms with E-state index in [0.717, 1.165) is 39.3 Å². The van der Waals surface area contributed by atoms with E-state index in [4.69, 9.17) is 4.98 Å². The van der Waals surface area contributed by atoms with Crippen LogP contribution in [0.2, 0.25) is 0 Å². The Morgan fingerprint density at radius 3 is 2.39 bits per heavy atom. The van der Waals surface area contributed by atoms with Crippen molar-refractivity contribution >= 4 is 11.6 Å². The average molecular weight is 417 g/mol. The number of halogens is 1. The maximum Gasteiger partial charge on any atom is 0.225 e. The molecule has 0 aliphatic heterocycles. The number of rotatable bonds is 5. The van der Waals surface area contributed by atoms with Gasteiger partial charge in [-0.25, -0.2) is 13.9 Å². The van der Waals surface area contributed by atoms with Gasteiger partial charge in [0.05, 0.1) is 18.2 Å². The summed E-state index contributed by atoms with van der Waals surface area (Å²) in [5.41, 5.74) is 6.84. The van der Waals surface area contributed by atoms with Crippen molar-refractivity contribution < 1.29 is 9.18 Å². The number of fused-ring (bicyclic) bond motifs is 1. The molecule has 4 rings (SSSR count). The van der Waals surface area contributed by atoms with Gasteiger partial charge in [0.25, 0.3) is 0 Å². The molecule has 0 fully saturated rings. The summed E-state index contributed by atoms with van der Waals surface area (Å²) in [5, 5.41) is 7.72. The fraction of sp³-hybridized carbons (Fsp3) is 0.240. The molecule has 0 spiro atoms. The molecule has 1 atom stereocenters.